The van der Waals surface area contributed by atoms with Crippen LogP contribution in [0.25, 0.3) is 5.69 Å². The molecule has 4 rings (SSSR count). The van der Waals surface area contributed by atoms with Gasteiger partial charge in [-0.15, -0.1) is 10.2 Å². The molecule has 3 aromatic carbocycles. The predicted octanol–water partition coefficient (Wildman–Crippen LogP) is 4.55. The molecule has 0 saturated carbocycles. The molecule has 2 N–H and O–H groups in total. The fourth-order valence-electron chi connectivity index (χ4n) is 3.56. The molecule has 36 heavy (non-hydrogen) atoms. The van der Waals surface area contributed by atoms with Crippen LogP contribution in [0.3, 0.4) is 0 Å². The molecule has 1 aromatic heterocycles. The first kappa shape index (κ1) is 25.0. The highest BCUT2D eigenvalue weighted by atomic mass is 32.2. The number of hydrogen-bond donors (Lipinski definition) is 2. The van der Waals surface area contributed by atoms with Crippen molar-refractivity contribution in [1.82, 2.24) is 20.1 Å². The molecule has 0 radical (unpaired) electrons. The number of carbonyl (C=O) groups excluding carboxylic acids is 2. The van der Waals surface area contributed by atoms with Crippen LogP contribution in [-0.2, 0) is 11.3 Å². The van der Waals surface area contributed by atoms with Crippen molar-refractivity contribution in [3.63, 3.8) is 0 Å². The minimum atomic E-state index is -0.195. The average molecular weight is 502 g/mol. The zero-order valence-electron chi connectivity index (χ0n) is 20.3. The highest BCUT2D eigenvalue weighted by Gasteiger charge is 2.18. The number of nitrogens with zero attached hydrogens (tertiary/aromatic N) is 3. The Kier molecular flexibility index (Phi) is 8.02. The van der Waals surface area contributed by atoms with Crippen LogP contribution in [-0.4, -0.2) is 39.4 Å². The number of ether oxygens (including phenoxy) is 1. The Morgan fingerprint density at radius 1 is 0.972 bits per heavy atom. The van der Waals surface area contributed by atoms with E-state index in [1.54, 1.807) is 43.5 Å². The molecule has 0 aliphatic rings. The number of amides is 2. The number of methoxy groups -OCH3 is 1. The minimum absolute atomic E-state index is 0.144. The van der Waals surface area contributed by atoms with Gasteiger partial charge in [-0.05, 0) is 67.4 Å². The lowest BCUT2D eigenvalue weighted by atomic mass is 10.1. The van der Waals surface area contributed by atoms with Crippen molar-refractivity contribution in [2.75, 3.05) is 18.2 Å². The summed E-state index contributed by atoms with van der Waals surface area (Å²) in [5.74, 6) is 1.08. The van der Waals surface area contributed by atoms with E-state index >= 15 is 0 Å². The van der Waals surface area contributed by atoms with Gasteiger partial charge in [-0.25, -0.2) is 0 Å². The molecule has 8 nitrogen and oxygen atoms in total. The summed E-state index contributed by atoms with van der Waals surface area (Å²) in [5.41, 5.74) is 4.26. The Hall–Kier alpha value is -4.11. The van der Waals surface area contributed by atoms with Crippen molar-refractivity contribution in [2.24, 2.45) is 0 Å². The van der Waals surface area contributed by atoms with Crippen molar-refractivity contribution in [3.8, 4) is 11.4 Å². The van der Waals surface area contributed by atoms with Gasteiger partial charge in [0.05, 0.1) is 25.1 Å². The van der Waals surface area contributed by atoms with Gasteiger partial charge in [-0.3, -0.25) is 14.2 Å². The molecule has 9 heteroatoms. The molecule has 0 atom stereocenters. The predicted molar refractivity (Wildman–Crippen MR) is 141 cm³/mol. The zero-order chi connectivity index (χ0) is 25.5. The zero-order valence-corrected chi connectivity index (χ0v) is 21.1. The van der Waals surface area contributed by atoms with Crippen molar-refractivity contribution < 1.29 is 14.3 Å². The highest BCUT2D eigenvalue weighted by Crippen LogP contribution is 2.26. The molecule has 0 aliphatic heterocycles. The van der Waals surface area contributed by atoms with E-state index in [9.17, 15) is 9.59 Å². The molecule has 0 bridgehead atoms. The minimum Gasteiger partial charge on any atom is -0.497 e. The summed E-state index contributed by atoms with van der Waals surface area (Å²) in [5, 5.41) is 15.0. The van der Waals surface area contributed by atoms with Crippen LogP contribution in [0.2, 0.25) is 0 Å². The monoisotopic (exact) mass is 501 g/mol. The first-order valence-electron chi connectivity index (χ1n) is 11.4. The molecule has 0 aliphatic carbocycles. The lowest BCUT2D eigenvalue weighted by molar-refractivity contribution is -0.113. The molecule has 1 heterocycles. The second kappa shape index (κ2) is 11.5. The molecular weight excluding hydrogens is 474 g/mol. The maximum Gasteiger partial charge on any atom is 0.251 e. The quantitative estimate of drug-likeness (QED) is 0.327. The standard InChI is InChI=1S/C27H27N5O3S/c1-18-9-10-19(2)23(15-18)32-24(16-28-26(34)20-7-5-4-6-8-20)30-31-27(32)36-17-25(33)29-21-11-13-22(35-3)14-12-21/h4-15H,16-17H2,1-3H3,(H,28,34)(H,29,33). The van der Waals surface area contributed by atoms with Crippen LogP contribution in [0.1, 0.15) is 27.3 Å². The van der Waals surface area contributed by atoms with E-state index in [0.717, 1.165) is 22.6 Å². The summed E-state index contributed by atoms with van der Waals surface area (Å²) in [6.07, 6.45) is 0. The van der Waals surface area contributed by atoms with Crippen LogP contribution in [0, 0.1) is 13.8 Å². The summed E-state index contributed by atoms with van der Waals surface area (Å²) >= 11 is 1.28. The third kappa shape index (κ3) is 6.11. The molecule has 4 aromatic rings. The van der Waals surface area contributed by atoms with Crippen LogP contribution >= 0.6 is 11.8 Å². The fraction of sp³-hybridized carbons (Fsp3) is 0.185. The Labute approximate surface area is 214 Å². The Balaban J connectivity index is 1.52. The summed E-state index contributed by atoms with van der Waals surface area (Å²) in [6.45, 7) is 4.21. The van der Waals surface area contributed by atoms with E-state index < -0.39 is 0 Å². The Morgan fingerprint density at radius 2 is 1.72 bits per heavy atom. The largest absolute Gasteiger partial charge is 0.497 e. The van der Waals surface area contributed by atoms with Gasteiger partial charge in [-0.1, -0.05) is 42.1 Å². The lowest BCUT2D eigenvalue weighted by Crippen LogP contribution is -2.24. The maximum atomic E-state index is 12.6. The summed E-state index contributed by atoms with van der Waals surface area (Å²) < 4.78 is 7.06. The Morgan fingerprint density at radius 3 is 2.44 bits per heavy atom. The van der Waals surface area contributed by atoms with E-state index in [0.29, 0.717) is 22.2 Å². The van der Waals surface area contributed by atoms with Crippen LogP contribution < -0.4 is 15.4 Å². The molecule has 2 amide bonds. The second-order valence-electron chi connectivity index (χ2n) is 8.14. The van der Waals surface area contributed by atoms with Gasteiger partial charge in [0.1, 0.15) is 5.75 Å². The molecule has 0 unspecified atom stereocenters. The average Bonchev–Trinajstić information content (AvgIpc) is 3.31. The van der Waals surface area contributed by atoms with Gasteiger partial charge in [0.15, 0.2) is 11.0 Å². The van der Waals surface area contributed by atoms with Crippen molar-refractivity contribution >= 4 is 29.3 Å². The number of nitrogens with one attached hydrogen (secondary N) is 2. The van der Waals surface area contributed by atoms with Gasteiger partial charge in [0.2, 0.25) is 5.91 Å². The summed E-state index contributed by atoms with van der Waals surface area (Å²) in [4.78, 5) is 25.2. The molecular formula is C27H27N5O3S. The number of aryl methyl sites for hydroxylation is 2. The number of carbonyl (C=O) groups is 2. The highest BCUT2D eigenvalue weighted by molar-refractivity contribution is 7.99. The van der Waals surface area contributed by atoms with Crippen molar-refractivity contribution in [3.05, 3.63) is 95.3 Å². The summed E-state index contributed by atoms with van der Waals surface area (Å²) in [7, 11) is 1.59. The van der Waals surface area contributed by atoms with Gasteiger partial charge in [-0.2, -0.15) is 0 Å². The van der Waals surface area contributed by atoms with E-state index in [1.807, 2.05) is 54.8 Å². The number of hydrogen-bond acceptors (Lipinski definition) is 6. The van der Waals surface area contributed by atoms with Gasteiger partial charge in [0.25, 0.3) is 5.91 Å². The molecule has 184 valence electrons. The van der Waals surface area contributed by atoms with Crippen molar-refractivity contribution in [1.29, 1.82) is 0 Å². The van der Waals surface area contributed by atoms with E-state index in [-0.39, 0.29) is 24.1 Å². The summed E-state index contributed by atoms with van der Waals surface area (Å²) in [6, 6.07) is 22.3. The number of benzene rings is 3. The second-order valence-corrected chi connectivity index (χ2v) is 9.08. The third-order valence-electron chi connectivity index (χ3n) is 5.46. The maximum absolute atomic E-state index is 12.6. The smallest absolute Gasteiger partial charge is 0.251 e. The molecule has 0 fully saturated rings. The van der Waals surface area contributed by atoms with E-state index in [2.05, 4.69) is 20.8 Å². The third-order valence-corrected chi connectivity index (χ3v) is 6.38. The topological polar surface area (TPSA) is 98.1 Å². The van der Waals surface area contributed by atoms with Crippen LogP contribution in [0.15, 0.2) is 78.0 Å². The first-order chi connectivity index (χ1) is 17.4. The van der Waals surface area contributed by atoms with Gasteiger partial charge < -0.3 is 15.4 Å². The normalized spacial score (nSPS) is 10.6. The van der Waals surface area contributed by atoms with Crippen LogP contribution in [0.4, 0.5) is 5.69 Å². The number of rotatable bonds is 9. The molecule has 0 spiro atoms. The SMILES string of the molecule is COc1ccc(NC(=O)CSc2nnc(CNC(=O)c3ccccc3)n2-c2cc(C)ccc2C)cc1. The number of thioether (sulfide) groups is 1. The van der Waals surface area contributed by atoms with Crippen LogP contribution in [0.5, 0.6) is 5.75 Å². The molecule has 0 saturated heterocycles. The fourth-order valence-corrected chi connectivity index (χ4v) is 4.33. The van der Waals surface area contributed by atoms with Gasteiger partial charge in [0, 0.05) is 11.3 Å². The van der Waals surface area contributed by atoms with E-state index in [4.69, 9.17) is 4.74 Å². The van der Waals surface area contributed by atoms with Crippen molar-refractivity contribution in [2.45, 2.75) is 25.5 Å². The lowest BCUT2D eigenvalue weighted by Gasteiger charge is -2.14. The van der Waals surface area contributed by atoms with E-state index in [1.165, 1.54) is 11.8 Å². The Bertz CT molecular complexity index is 1350. The number of aromatic nitrogens is 3. The first-order valence-corrected chi connectivity index (χ1v) is 12.3. The number of anilines is 1. The van der Waals surface area contributed by atoms with Gasteiger partial charge >= 0.3 is 0 Å².